The van der Waals surface area contributed by atoms with Crippen molar-refractivity contribution in [2.75, 3.05) is 26.8 Å². The van der Waals surface area contributed by atoms with Crippen molar-refractivity contribution < 1.29 is 18.7 Å². The molecule has 9 heteroatoms. The molecule has 1 aromatic carbocycles. The molecule has 2 N–H and O–H groups in total. The Balaban J connectivity index is 1.85. The molecular weight excluding hydrogens is 365 g/mol. The van der Waals surface area contributed by atoms with Gasteiger partial charge in [-0.05, 0) is 24.3 Å². The number of ether oxygens (including phenoxy) is 1. The molecule has 0 saturated carbocycles. The number of benzene rings is 1. The summed E-state index contributed by atoms with van der Waals surface area (Å²) in [4.78, 5) is 24.4. The van der Waals surface area contributed by atoms with E-state index in [1.165, 1.54) is 24.1 Å². The number of carbonyl (C=O) groups is 2. The van der Waals surface area contributed by atoms with E-state index in [2.05, 4.69) is 15.7 Å². The lowest BCUT2D eigenvalue weighted by molar-refractivity contribution is -0.120. The second-order valence-corrected chi connectivity index (χ2v) is 5.86. The third-order valence-electron chi connectivity index (χ3n) is 3.96. The highest BCUT2D eigenvalue weighted by molar-refractivity contribution is 5.99. The van der Waals surface area contributed by atoms with Gasteiger partial charge in [0.05, 0.1) is 19.3 Å². The fourth-order valence-electron chi connectivity index (χ4n) is 2.64. The second kappa shape index (κ2) is 8.96. The average molecular weight is 385 g/mol. The average Bonchev–Trinajstić information content (AvgIpc) is 3.36. The van der Waals surface area contributed by atoms with Crippen LogP contribution in [-0.2, 0) is 9.53 Å². The predicted octanol–water partition coefficient (Wildman–Crippen LogP) is 1.29. The molecule has 0 bridgehead atoms. The highest BCUT2D eigenvalue weighted by atomic mass is 19.1. The SMILES string of the molecule is COCCNC(=O)CNC(=O)c1cnn(-c2ccccc2F)c1-n1cccc1. The molecule has 2 heterocycles. The second-order valence-electron chi connectivity index (χ2n) is 5.86. The van der Waals surface area contributed by atoms with E-state index in [0.717, 1.165) is 0 Å². The van der Waals surface area contributed by atoms with Gasteiger partial charge < -0.3 is 19.9 Å². The van der Waals surface area contributed by atoms with Crippen LogP contribution in [-0.4, -0.2) is 53.0 Å². The zero-order valence-electron chi connectivity index (χ0n) is 15.3. The molecule has 146 valence electrons. The molecule has 0 spiro atoms. The van der Waals surface area contributed by atoms with E-state index in [-0.39, 0.29) is 23.7 Å². The summed E-state index contributed by atoms with van der Waals surface area (Å²) in [7, 11) is 1.53. The topological polar surface area (TPSA) is 90.2 Å². The van der Waals surface area contributed by atoms with Crippen LogP contribution in [0.25, 0.3) is 11.5 Å². The number of para-hydroxylation sites is 1. The van der Waals surface area contributed by atoms with Gasteiger partial charge in [-0.25, -0.2) is 9.07 Å². The molecule has 0 unspecified atom stereocenters. The monoisotopic (exact) mass is 385 g/mol. The quantitative estimate of drug-likeness (QED) is 0.572. The van der Waals surface area contributed by atoms with Gasteiger partial charge in [0, 0.05) is 26.0 Å². The van der Waals surface area contributed by atoms with E-state index in [0.29, 0.717) is 19.0 Å². The zero-order chi connectivity index (χ0) is 19.9. The Morgan fingerprint density at radius 2 is 1.89 bits per heavy atom. The van der Waals surface area contributed by atoms with Crippen LogP contribution in [0.15, 0.2) is 55.0 Å². The molecule has 28 heavy (non-hydrogen) atoms. The van der Waals surface area contributed by atoms with Crippen molar-refractivity contribution >= 4 is 11.8 Å². The first-order valence-corrected chi connectivity index (χ1v) is 8.62. The zero-order valence-corrected chi connectivity index (χ0v) is 15.3. The van der Waals surface area contributed by atoms with Crippen molar-refractivity contribution in [2.24, 2.45) is 0 Å². The highest BCUT2D eigenvalue weighted by Gasteiger charge is 2.21. The van der Waals surface area contributed by atoms with E-state index in [1.54, 1.807) is 47.3 Å². The maximum absolute atomic E-state index is 14.3. The minimum Gasteiger partial charge on any atom is -0.383 e. The Bertz CT molecular complexity index is 952. The molecule has 3 aromatic rings. The molecule has 0 aliphatic carbocycles. The van der Waals surface area contributed by atoms with Gasteiger partial charge in [-0.1, -0.05) is 12.1 Å². The molecular formula is C19H20FN5O3. The summed E-state index contributed by atoms with van der Waals surface area (Å²) >= 11 is 0. The maximum atomic E-state index is 14.3. The van der Waals surface area contributed by atoms with E-state index in [4.69, 9.17) is 4.74 Å². The highest BCUT2D eigenvalue weighted by Crippen LogP contribution is 2.21. The van der Waals surface area contributed by atoms with Crippen LogP contribution in [0.4, 0.5) is 4.39 Å². The molecule has 0 radical (unpaired) electrons. The lowest BCUT2D eigenvalue weighted by Gasteiger charge is -2.12. The van der Waals surface area contributed by atoms with Crippen LogP contribution in [0.5, 0.6) is 0 Å². The molecule has 3 rings (SSSR count). The Labute approximate surface area is 160 Å². The number of aromatic nitrogens is 3. The molecule has 0 saturated heterocycles. The largest absolute Gasteiger partial charge is 0.383 e. The van der Waals surface area contributed by atoms with Gasteiger partial charge in [0.25, 0.3) is 5.91 Å². The van der Waals surface area contributed by atoms with Crippen LogP contribution in [0.1, 0.15) is 10.4 Å². The smallest absolute Gasteiger partial charge is 0.257 e. The number of amides is 2. The first-order valence-electron chi connectivity index (χ1n) is 8.62. The summed E-state index contributed by atoms with van der Waals surface area (Å²) in [5, 5.41) is 9.36. The van der Waals surface area contributed by atoms with Gasteiger partial charge in [0.1, 0.15) is 17.1 Å². The van der Waals surface area contributed by atoms with Crippen LogP contribution < -0.4 is 10.6 Å². The number of carbonyl (C=O) groups excluding carboxylic acids is 2. The van der Waals surface area contributed by atoms with Gasteiger partial charge in [-0.2, -0.15) is 5.10 Å². The number of methoxy groups -OCH3 is 1. The van der Waals surface area contributed by atoms with Crippen molar-refractivity contribution in [3.8, 4) is 11.5 Å². The maximum Gasteiger partial charge on any atom is 0.257 e. The number of halogens is 1. The van der Waals surface area contributed by atoms with Crippen molar-refractivity contribution in [3.63, 3.8) is 0 Å². The fraction of sp³-hybridized carbons (Fsp3) is 0.211. The molecule has 2 amide bonds. The number of hydrogen-bond donors (Lipinski definition) is 2. The Morgan fingerprint density at radius 1 is 1.14 bits per heavy atom. The first-order chi connectivity index (χ1) is 13.6. The molecule has 0 atom stereocenters. The summed E-state index contributed by atoms with van der Waals surface area (Å²) < 4.78 is 22.1. The Morgan fingerprint density at radius 3 is 2.61 bits per heavy atom. The Kier molecular flexibility index (Phi) is 6.18. The number of hydrogen-bond acceptors (Lipinski definition) is 4. The molecule has 2 aromatic heterocycles. The van der Waals surface area contributed by atoms with Gasteiger partial charge in [0.15, 0.2) is 5.82 Å². The minimum absolute atomic E-state index is 0.196. The molecule has 0 aliphatic rings. The predicted molar refractivity (Wildman–Crippen MR) is 100 cm³/mol. The summed E-state index contributed by atoms with van der Waals surface area (Å²) in [6.45, 7) is 0.538. The van der Waals surface area contributed by atoms with Crippen LogP contribution in [0.3, 0.4) is 0 Å². The Hall–Kier alpha value is -3.46. The summed E-state index contributed by atoms with van der Waals surface area (Å²) in [6, 6.07) is 9.71. The molecule has 0 aliphatic heterocycles. The lowest BCUT2D eigenvalue weighted by Crippen LogP contribution is -2.38. The standard InChI is InChI=1S/C19H20FN5O3/c1-28-11-8-21-17(26)13-22-18(27)14-12-23-25(16-7-3-2-6-15(16)20)19(14)24-9-4-5-10-24/h2-7,9-10,12H,8,11,13H2,1H3,(H,21,26)(H,22,27). The third kappa shape index (κ3) is 4.26. The van der Waals surface area contributed by atoms with Crippen molar-refractivity contribution in [1.82, 2.24) is 25.0 Å². The van der Waals surface area contributed by atoms with E-state index in [9.17, 15) is 14.0 Å². The van der Waals surface area contributed by atoms with Crippen LogP contribution >= 0.6 is 0 Å². The van der Waals surface area contributed by atoms with E-state index < -0.39 is 11.7 Å². The van der Waals surface area contributed by atoms with Gasteiger partial charge >= 0.3 is 0 Å². The number of rotatable bonds is 8. The van der Waals surface area contributed by atoms with Crippen LogP contribution in [0, 0.1) is 5.82 Å². The first kappa shape index (κ1) is 19.3. The molecule has 0 fully saturated rings. The normalized spacial score (nSPS) is 10.6. The van der Waals surface area contributed by atoms with Gasteiger partial charge in [-0.3, -0.25) is 9.59 Å². The third-order valence-corrected chi connectivity index (χ3v) is 3.96. The van der Waals surface area contributed by atoms with Gasteiger partial charge in [0.2, 0.25) is 5.91 Å². The fourth-order valence-corrected chi connectivity index (χ4v) is 2.64. The van der Waals surface area contributed by atoms with Crippen molar-refractivity contribution in [3.05, 3.63) is 66.4 Å². The van der Waals surface area contributed by atoms with Crippen molar-refractivity contribution in [2.45, 2.75) is 0 Å². The summed E-state index contributed by atoms with van der Waals surface area (Å²) in [6.07, 6.45) is 4.80. The van der Waals surface area contributed by atoms with E-state index in [1.807, 2.05) is 0 Å². The van der Waals surface area contributed by atoms with Crippen molar-refractivity contribution in [1.29, 1.82) is 0 Å². The molecule has 8 nitrogen and oxygen atoms in total. The lowest BCUT2D eigenvalue weighted by atomic mass is 10.2. The summed E-state index contributed by atoms with van der Waals surface area (Å²) in [5.74, 6) is -0.932. The van der Waals surface area contributed by atoms with Crippen LogP contribution in [0.2, 0.25) is 0 Å². The summed E-state index contributed by atoms with van der Waals surface area (Å²) in [5.41, 5.74) is 0.423. The van der Waals surface area contributed by atoms with Gasteiger partial charge in [-0.15, -0.1) is 0 Å². The number of nitrogens with one attached hydrogen (secondary N) is 2. The minimum atomic E-state index is -0.492. The van der Waals surface area contributed by atoms with E-state index >= 15 is 0 Å². The number of nitrogens with zero attached hydrogens (tertiary/aromatic N) is 3.